The summed E-state index contributed by atoms with van der Waals surface area (Å²) in [5.74, 6) is 0.871. The van der Waals surface area contributed by atoms with Crippen LogP contribution in [0.3, 0.4) is 0 Å². The molecule has 2 rings (SSSR count). The van der Waals surface area contributed by atoms with Gasteiger partial charge in [-0.3, -0.25) is 0 Å². The SMILES string of the molecule is COc1ccc(-c2c(I)ncn2C)cc1. The number of hydrogen-bond donors (Lipinski definition) is 0. The standard InChI is InChI=1S/C11H11IN2O/c1-14-7-13-11(12)10(14)8-3-5-9(15-2)6-4-8/h3-7H,1-2H3. The van der Waals surface area contributed by atoms with Crippen molar-refractivity contribution in [2.45, 2.75) is 0 Å². The van der Waals surface area contributed by atoms with Crippen molar-refractivity contribution in [2.24, 2.45) is 7.05 Å². The molecule has 4 heteroatoms. The third-order valence-corrected chi connectivity index (χ3v) is 3.05. The van der Waals surface area contributed by atoms with Gasteiger partial charge in [0.15, 0.2) is 0 Å². The van der Waals surface area contributed by atoms with Crippen LogP contribution in [0.2, 0.25) is 0 Å². The number of methoxy groups -OCH3 is 1. The summed E-state index contributed by atoms with van der Waals surface area (Å²) in [6.07, 6.45) is 1.82. The molecule has 15 heavy (non-hydrogen) atoms. The summed E-state index contributed by atoms with van der Waals surface area (Å²) in [5, 5.41) is 0. The van der Waals surface area contributed by atoms with E-state index in [1.54, 1.807) is 7.11 Å². The Morgan fingerprint density at radius 1 is 1.27 bits per heavy atom. The number of ether oxygens (including phenoxy) is 1. The van der Waals surface area contributed by atoms with Crippen molar-refractivity contribution < 1.29 is 4.74 Å². The molecule has 0 saturated carbocycles. The van der Waals surface area contributed by atoms with Gasteiger partial charge in [0.1, 0.15) is 9.45 Å². The molecule has 0 N–H and O–H groups in total. The summed E-state index contributed by atoms with van der Waals surface area (Å²) >= 11 is 2.24. The highest BCUT2D eigenvalue weighted by atomic mass is 127. The Balaban J connectivity index is 2.45. The van der Waals surface area contributed by atoms with Gasteiger partial charge in [-0.1, -0.05) is 0 Å². The molecule has 0 spiro atoms. The molecule has 2 aromatic rings. The van der Waals surface area contributed by atoms with Crippen molar-refractivity contribution >= 4 is 22.6 Å². The van der Waals surface area contributed by atoms with E-state index in [4.69, 9.17) is 4.74 Å². The lowest BCUT2D eigenvalue weighted by molar-refractivity contribution is 0.415. The largest absolute Gasteiger partial charge is 0.497 e. The fourth-order valence-corrected chi connectivity index (χ4v) is 2.29. The first-order chi connectivity index (χ1) is 7.22. The Morgan fingerprint density at radius 2 is 1.93 bits per heavy atom. The summed E-state index contributed by atoms with van der Waals surface area (Å²) in [7, 11) is 3.66. The predicted molar refractivity (Wildman–Crippen MR) is 67.9 cm³/mol. The average molecular weight is 314 g/mol. The van der Waals surface area contributed by atoms with Gasteiger partial charge in [0.2, 0.25) is 0 Å². The molecule has 0 bridgehead atoms. The Hall–Kier alpha value is -1.04. The maximum Gasteiger partial charge on any atom is 0.127 e. The fraction of sp³-hybridized carbons (Fsp3) is 0.182. The molecule has 0 atom stereocenters. The van der Waals surface area contributed by atoms with E-state index in [1.165, 1.54) is 0 Å². The smallest absolute Gasteiger partial charge is 0.127 e. The van der Waals surface area contributed by atoms with Crippen LogP contribution in [-0.2, 0) is 7.05 Å². The predicted octanol–water partition coefficient (Wildman–Crippen LogP) is 2.70. The molecule has 0 fully saturated rings. The van der Waals surface area contributed by atoms with E-state index in [0.717, 1.165) is 20.7 Å². The minimum absolute atomic E-state index is 0.871. The van der Waals surface area contributed by atoms with Crippen LogP contribution in [0.4, 0.5) is 0 Å². The number of benzene rings is 1. The number of imidazole rings is 1. The van der Waals surface area contributed by atoms with Gasteiger partial charge >= 0.3 is 0 Å². The van der Waals surface area contributed by atoms with Crippen molar-refractivity contribution in [1.29, 1.82) is 0 Å². The van der Waals surface area contributed by atoms with Crippen molar-refractivity contribution in [2.75, 3.05) is 7.11 Å². The molecule has 1 aromatic heterocycles. The summed E-state index contributed by atoms with van der Waals surface area (Å²) in [5.41, 5.74) is 2.29. The lowest BCUT2D eigenvalue weighted by Gasteiger charge is -2.04. The number of aryl methyl sites for hydroxylation is 1. The maximum absolute atomic E-state index is 5.12. The van der Waals surface area contributed by atoms with Crippen LogP contribution < -0.4 is 4.74 Å². The van der Waals surface area contributed by atoms with E-state index in [-0.39, 0.29) is 0 Å². The van der Waals surface area contributed by atoms with Gasteiger partial charge in [0, 0.05) is 12.6 Å². The van der Waals surface area contributed by atoms with E-state index in [2.05, 4.69) is 27.6 Å². The Morgan fingerprint density at radius 3 is 2.40 bits per heavy atom. The zero-order chi connectivity index (χ0) is 10.8. The van der Waals surface area contributed by atoms with Crippen molar-refractivity contribution in [3.63, 3.8) is 0 Å². The van der Waals surface area contributed by atoms with Crippen LogP contribution in [0.5, 0.6) is 5.75 Å². The summed E-state index contributed by atoms with van der Waals surface area (Å²) < 4.78 is 8.15. The Bertz CT molecular complexity index is 442. The zero-order valence-corrected chi connectivity index (χ0v) is 10.7. The summed E-state index contributed by atoms with van der Waals surface area (Å²) in [6, 6.07) is 7.99. The first kappa shape index (κ1) is 10.5. The second-order valence-electron chi connectivity index (χ2n) is 3.22. The van der Waals surface area contributed by atoms with Gasteiger partial charge in [-0.15, -0.1) is 0 Å². The summed E-state index contributed by atoms with van der Waals surface area (Å²) in [6.45, 7) is 0. The fourth-order valence-electron chi connectivity index (χ4n) is 1.47. The zero-order valence-electron chi connectivity index (χ0n) is 8.57. The van der Waals surface area contributed by atoms with Crippen LogP contribution >= 0.6 is 22.6 Å². The van der Waals surface area contributed by atoms with E-state index >= 15 is 0 Å². The van der Waals surface area contributed by atoms with Gasteiger partial charge in [-0.05, 0) is 46.9 Å². The van der Waals surface area contributed by atoms with Gasteiger partial charge in [-0.25, -0.2) is 4.98 Å². The molecule has 78 valence electrons. The van der Waals surface area contributed by atoms with Gasteiger partial charge in [0.05, 0.1) is 19.1 Å². The third-order valence-electron chi connectivity index (χ3n) is 2.26. The second-order valence-corrected chi connectivity index (χ2v) is 4.25. The van der Waals surface area contributed by atoms with Crippen LogP contribution in [-0.4, -0.2) is 16.7 Å². The highest BCUT2D eigenvalue weighted by molar-refractivity contribution is 14.1. The molecule has 3 nitrogen and oxygen atoms in total. The molecule has 0 radical (unpaired) electrons. The minimum atomic E-state index is 0.871. The van der Waals surface area contributed by atoms with Gasteiger partial charge in [0.25, 0.3) is 0 Å². The quantitative estimate of drug-likeness (QED) is 0.797. The summed E-state index contributed by atoms with van der Waals surface area (Å²) in [4.78, 5) is 4.25. The Kier molecular flexibility index (Phi) is 2.95. The first-order valence-corrected chi connectivity index (χ1v) is 5.61. The topological polar surface area (TPSA) is 27.1 Å². The average Bonchev–Trinajstić information content (AvgIpc) is 2.59. The molecular formula is C11H11IN2O. The minimum Gasteiger partial charge on any atom is -0.497 e. The van der Waals surface area contributed by atoms with Gasteiger partial charge < -0.3 is 9.30 Å². The van der Waals surface area contributed by atoms with Gasteiger partial charge in [-0.2, -0.15) is 0 Å². The number of aromatic nitrogens is 2. The third kappa shape index (κ3) is 1.99. The number of hydrogen-bond acceptors (Lipinski definition) is 2. The normalized spacial score (nSPS) is 10.3. The number of rotatable bonds is 2. The lowest BCUT2D eigenvalue weighted by Crippen LogP contribution is -1.91. The van der Waals surface area contributed by atoms with Crippen LogP contribution in [0.25, 0.3) is 11.3 Å². The maximum atomic E-state index is 5.12. The van der Waals surface area contributed by atoms with Crippen molar-refractivity contribution in [3.05, 3.63) is 34.3 Å². The van der Waals surface area contributed by atoms with Crippen molar-refractivity contribution in [1.82, 2.24) is 9.55 Å². The monoisotopic (exact) mass is 314 g/mol. The molecule has 1 heterocycles. The molecule has 0 aliphatic heterocycles. The van der Waals surface area contributed by atoms with Crippen LogP contribution in [0.15, 0.2) is 30.6 Å². The molecule has 0 amide bonds. The van der Waals surface area contributed by atoms with E-state index in [9.17, 15) is 0 Å². The molecular weight excluding hydrogens is 303 g/mol. The lowest BCUT2D eigenvalue weighted by atomic mass is 10.1. The molecule has 0 aliphatic carbocycles. The highest BCUT2D eigenvalue weighted by Gasteiger charge is 2.08. The molecule has 1 aromatic carbocycles. The molecule has 0 aliphatic rings. The first-order valence-electron chi connectivity index (χ1n) is 4.53. The number of halogens is 1. The molecule has 0 saturated heterocycles. The second kappa shape index (κ2) is 4.22. The van der Waals surface area contributed by atoms with Crippen LogP contribution in [0.1, 0.15) is 0 Å². The highest BCUT2D eigenvalue weighted by Crippen LogP contribution is 2.25. The Labute approximate surface area is 102 Å². The van der Waals surface area contributed by atoms with Crippen molar-refractivity contribution in [3.8, 4) is 17.0 Å². The molecule has 0 unspecified atom stereocenters. The van der Waals surface area contributed by atoms with E-state index in [1.807, 2.05) is 42.2 Å². The van der Waals surface area contributed by atoms with Crippen LogP contribution in [0, 0.1) is 3.70 Å². The van der Waals surface area contributed by atoms with E-state index < -0.39 is 0 Å². The number of nitrogens with zero attached hydrogens (tertiary/aromatic N) is 2. The van der Waals surface area contributed by atoms with E-state index in [0.29, 0.717) is 0 Å².